The highest BCUT2D eigenvalue weighted by molar-refractivity contribution is 7.88. The molecule has 0 aromatic heterocycles. The Morgan fingerprint density at radius 3 is 2.52 bits per heavy atom. The molecule has 21 heavy (non-hydrogen) atoms. The van der Waals surface area contributed by atoms with E-state index < -0.39 is 28.3 Å². The lowest BCUT2D eigenvalue weighted by atomic mass is 9.99. The van der Waals surface area contributed by atoms with Crippen molar-refractivity contribution in [2.75, 3.05) is 39.0 Å². The Labute approximate surface area is 122 Å². The summed E-state index contributed by atoms with van der Waals surface area (Å²) in [6.45, 7) is 0.975. The summed E-state index contributed by atoms with van der Waals surface area (Å²) in [4.78, 5) is 1.59. The van der Waals surface area contributed by atoms with Crippen LogP contribution in [0.25, 0.3) is 0 Å². The van der Waals surface area contributed by atoms with Crippen molar-refractivity contribution in [1.29, 1.82) is 0 Å². The zero-order chi connectivity index (χ0) is 15.9. The standard InChI is InChI=1S/C12H21F3N2O3S/c1-21(19,20)17-5-2-3-10(8-17)7-16-6-4-11(18,9-16)12(13,14)15/h10,18H,2-9H2,1H3/t10-,11-/m0/s1. The molecule has 2 heterocycles. The Bertz CT molecular complexity index is 483. The summed E-state index contributed by atoms with van der Waals surface area (Å²) in [5.74, 6) is 0.0176. The van der Waals surface area contributed by atoms with Crippen molar-refractivity contribution < 1.29 is 26.7 Å². The Kier molecular flexibility index (Phi) is 4.59. The van der Waals surface area contributed by atoms with Crippen LogP contribution in [0.5, 0.6) is 0 Å². The van der Waals surface area contributed by atoms with Gasteiger partial charge in [0.05, 0.1) is 6.26 Å². The molecule has 0 saturated carbocycles. The smallest absolute Gasteiger partial charge is 0.379 e. The second-order valence-corrected chi connectivity index (χ2v) is 8.13. The Hall–Kier alpha value is -0.380. The van der Waals surface area contributed by atoms with Crippen LogP contribution in [0.4, 0.5) is 13.2 Å². The predicted molar refractivity (Wildman–Crippen MR) is 71.2 cm³/mol. The van der Waals surface area contributed by atoms with Crippen molar-refractivity contribution >= 4 is 10.0 Å². The molecule has 2 fully saturated rings. The van der Waals surface area contributed by atoms with Crippen LogP contribution in [-0.2, 0) is 10.0 Å². The van der Waals surface area contributed by atoms with E-state index in [-0.39, 0.29) is 18.9 Å². The summed E-state index contributed by atoms with van der Waals surface area (Å²) in [5, 5.41) is 9.64. The monoisotopic (exact) mass is 330 g/mol. The van der Waals surface area contributed by atoms with Gasteiger partial charge in [-0.2, -0.15) is 13.2 Å². The minimum atomic E-state index is -4.62. The minimum Gasteiger partial charge on any atom is -0.379 e. The number of hydrogen-bond donors (Lipinski definition) is 1. The first-order valence-electron chi connectivity index (χ1n) is 6.98. The van der Waals surface area contributed by atoms with Gasteiger partial charge in [-0.15, -0.1) is 0 Å². The number of likely N-dealkylation sites (tertiary alicyclic amines) is 1. The fraction of sp³-hybridized carbons (Fsp3) is 1.00. The van der Waals surface area contributed by atoms with Crippen molar-refractivity contribution in [3.05, 3.63) is 0 Å². The van der Waals surface area contributed by atoms with Crippen molar-refractivity contribution in [2.45, 2.75) is 31.0 Å². The zero-order valence-corrected chi connectivity index (χ0v) is 12.8. The average molecular weight is 330 g/mol. The summed E-state index contributed by atoms with van der Waals surface area (Å²) in [5.41, 5.74) is -2.63. The summed E-state index contributed by atoms with van der Waals surface area (Å²) < 4.78 is 62.7. The molecule has 2 atom stereocenters. The lowest BCUT2D eigenvalue weighted by Crippen LogP contribution is -2.48. The zero-order valence-electron chi connectivity index (χ0n) is 11.9. The summed E-state index contributed by atoms with van der Waals surface area (Å²) >= 11 is 0. The third-order valence-electron chi connectivity index (χ3n) is 4.32. The fourth-order valence-electron chi connectivity index (χ4n) is 3.10. The number of halogens is 3. The van der Waals surface area contributed by atoms with Crippen molar-refractivity contribution in [3.8, 4) is 0 Å². The van der Waals surface area contributed by atoms with Gasteiger partial charge < -0.3 is 5.11 Å². The van der Waals surface area contributed by atoms with Gasteiger partial charge in [0.25, 0.3) is 0 Å². The fourth-order valence-corrected chi connectivity index (χ4v) is 4.04. The molecule has 5 nitrogen and oxygen atoms in total. The largest absolute Gasteiger partial charge is 0.418 e. The first kappa shape index (κ1) is 17.0. The maximum absolute atomic E-state index is 12.8. The predicted octanol–water partition coefficient (Wildman–Crippen LogP) is 0.657. The van der Waals surface area contributed by atoms with Crippen LogP contribution in [0.2, 0.25) is 0 Å². The van der Waals surface area contributed by atoms with Gasteiger partial charge in [0.2, 0.25) is 10.0 Å². The van der Waals surface area contributed by atoms with Crippen LogP contribution < -0.4 is 0 Å². The van der Waals surface area contributed by atoms with E-state index in [9.17, 15) is 26.7 Å². The first-order valence-corrected chi connectivity index (χ1v) is 8.83. The topological polar surface area (TPSA) is 60.9 Å². The molecule has 0 spiro atoms. The van der Waals surface area contributed by atoms with Gasteiger partial charge >= 0.3 is 6.18 Å². The normalized spacial score (nSPS) is 33.5. The Morgan fingerprint density at radius 2 is 2.00 bits per heavy atom. The van der Waals surface area contributed by atoms with Gasteiger partial charge in [-0.05, 0) is 25.2 Å². The minimum absolute atomic E-state index is 0.0176. The van der Waals surface area contributed by atoms with Gasteiger partial charge in [-0.3, -0.25) is 4.90 Å². The van der Waals surface area contributed by atoms with Crippen LogP contribution in [0, 0.1) is 5.92 Å². The highest BCUT2D eigenvalue weighted by atomic mass is 32.2. The van der Waals surface area contributed by atoms with Gasteiger partial charge in [0.1, 0.15) is 0 Å². The summed E-state index contributed by atoms with van der Waals surface area (Å²) in [7, 11) is -3.25. The number of aliphatic hydroxyl groups is 1. The number of alkyl halides is 3. The molecule has 2 aliphatic heterocycles. The van der Waals surface area contributed by atoms with E-state index in [1.807, 2.05) is 0 Å². The number of sulfonamides is 1. The summed E-state index contributed by atoms with van der Waals surface area (Å²) in [6, 6.07) is 0. The third-order valence-corrected chi connectivity index (χ3v) is 5.59. The van der Waals surface area contributed by atoms with Gasteiger partial charge in [0, 0.05) is 32.7 Å². The molecule has 1 N–H and O–H groups in total. The number of rotatable bonds is 3. The molecular formula is C12H21F3N2O3S. The molecule has 0 aromatic rings. The molecule has 2 aliphatic rings. The second-order valence-electron chi connectivity index (χ2n) is 6.14. The molecule has 0 unspecified atom stereocenters. The van der Waals surface area contributed by atoms with E-state index in [0.717, 1.165) is 19.1 Å². The molecule has 9 heteroatoms. The van der Waals surface area contributed by atoms with E-state index in [1.54, 1.807) is 4.90 Å². The SMILES string of the molecule is CS(=O)(=O)N1CCC[C@@H](CN2CC[C@@](O)(C(F)(F)F)C2)C1. The quantitative estimate of drug-likeness (QED) is 0.826. The van der Waals surface area contributed by atoms with E-state index >= 15 is 0 Å². The van der Waals surface area contributed by atoms with Gasteiger partial charge in [-0.25, -0.2) is 12.7 Å². The van der Waals surface area contributed by atoms with E-state index in [0.29, 0.717) is 19.6 Å². The molecule has 0 radical (unpaired) electrons. The van der Waals surface area contributed by atoms with Gasteiger partial charge in [0.15, 0.2) is 5.60 Å². The molecular weight excluding hydrogens is 309 g/mol. The highest BCUT2D eigenvalue weighted by Crippen LogP contribution is 2.38. The molecule has 0 aromatic carbocycles. The lowest BCUT2D eigenvalue weighted by Gasteiger charge is -2.33. The molecule has 2 saturated heterocycles. The van der Waals surface area contributed by atoms with Crippen LogP contribution >= 0.6 is 0 Å². The number of hydrogen-bond acceptors (Lipinski definition) is 4. The van der Waals surface area contributed by atoms with E-state index in [2.05, 4.69) is 0 Å². The average Bonchev–Trinajstić information content (AvgIpc) is 2.71. The lowest BCUT2D eigenvalue weighted by molar-refractivity contribution is -0.254. The van der Waals surface area contributed by atoms with Crippen LogP contribution in [0.15, 0.2) is 0 Å². The number of nitrogens with zero attached hydrogens (tertiary/aromatic N) is 2. The number of piperidine rings is 1. The third kappa shape index (κ3) is 3.88. The van der Waals surface area contributed by atoms with Crippen molar-refractivity contribution in [2.24, 2.45) is 5.92 Å². The molecule has 0 aliphatic carbocycles. The van der Waals surface area contributed by atoms with Crippen LogP contribution in [-0.4, -0.2) is 73.5 Å². The van der Waals surface area contributed by atoms with E-state index in [1.165, 1.54) is 4.31 Å². The molecule has 2 rings (SSSR count). The number of β-amino-alcohol motifs (C(OH)–C–C–N with tert-alkyl or cyclic N) is 1. The van der Waals surface area contributed by atoms with E-state index in [4.69, 9.17) is 0 Å². The Balaban J connectivity index is 1.92. The molecule has 124 valence electrons. The second kappa shape index (κ2) is 5.68. The maximum Gasteiger partial charge on any atom is 0.418 e. The summed E-state index contributed by atoms with van der Waals surface area (Å²) in [6.07, 6.45) is -2.28. The highest BCUT2D eigenvalue weighted by Gasteiger charge is 2.57. The van der Waals surface area contributed by atoms with Crippen LogP contribution in [0.1, 0.15) is 19.3 Å². The molecule has 0 amide bonds. The van der Waals surface area contributed by atoms with Crippen LogP contribution in [0.3, 0.4) is 0 Å². The van der Waals surface area contributed by atoms with Gasteiger partial charge in [-0.1, -0.05) is 0 Å². The Morgan fingerprint density at radius 1 is 1.33 bits per heavy atom. The van der Waals surface area contributed by atoms with Crippen molar-refractivity contribution in [3.63, 3.8) is 0 Å². The maximum atomic E-state index is 12.8. The molecule has 0 bridgehead atoms. The first-order chi connectivity index (χ1) is 9.51. The van der Waals surface area contributed by atoms with Crippen molar-refractivity contribution in [1.82, 2.24) is 9.21 Å².